The van der Waals surface area contributed by atoms with E-state index < -0.39 is 25.8 Å². The fraction of sp³-hybridized carbons (Fsp3) is 0.515. The molecule has 4 rings (SSSR count). The van der Waals surface area contributed by atoms with Gasteiger partial charge in [-0.25, -0.2) is 4.79 Å². The monoisotopic (exact) mass is 704 g/mol. The van der Waals surface area contributed by atoms with Gasteiger partial charge in [-0.1, -0.05) is 137 Å². The van der Waals surface area contributed by atoms with Gasteiger partial charge in [0.2, 0.25) is 0 Å². The van der Waals surface area contributed by atoms with Crippen molar-refractivity contribution in [2.75, 3.05) is 13.2 Å². The molecular formula is C33H45IN2O5Si. The fourth-order valence-electron chi connectivity index (χ4n) is 5.81. The normalized spacial score (nSPS) is 19.3. The third kappa shape index (κ3) is 7.71. The van der Waals surface area contributed by atoms with Gasteiger partial charge in [-0.2, -0.15) is 0 Å². The Morgan fingerprint density at radius 1 is 0.976 bits per heavy atom. The van der Waals surface area contributed by atoms with Crippen molar-refractivity contribution in [3.8, 4) is 0 Å². The lowest BCUT2D eigenvalue weighted by Crippen LogP contribution is -2.67. The van der Waals surface area contributed by atoms with Crippen molar-refractivity contribution in [1.29, 1.82) is 0 Å². The molecule has 0 spiro atoms. The minimum atomic E-state index is -2.72. The maximum atomic E-state index is 12.8. The predicted molar refractivity (Wildman–Crippen MR) is 180 cm³/mol. The van der Waals surface area contributed by atoms with E-state index >= 15 is 0 Å². The Morgan fingerprint density at radius 2 is 1.60 bits per heavy atom. The number of aromatic amines is 1. The number of aromatic nitrogens is 2. The van der Waals surface area contributed by atoms with Crippen molar-refractivity contribution in [3.63, 3.8) is 0 Å². The molecule has 228 valence electrons. The highest BCUT2D eigenvalue weighted by Gasteiger charge is 2.51. The molecule has 1 aliphatic heterocycles. The van der Waals surface area contributed by atoms with Crippen molar-refractivity contribution in [3.05, 3.63) is 93.3 Å². The van der Waals surface area contributed by atoms with Crippen LogP contribution in [0.3, 0.4) is 0 Å². The first-order chi connectivity index (χ1) is 20.2. The second-order valence-corrected chi connectivity index (χ2v) is 18.0. The number of rotatable bonds is 14. The van der Waals surface area contributed by atoms with Crippen LogP contribution in [-0.4, -0.2) is 41.1 Å². The van der Waals surface area contributed by atoms with Gasteiger partial charge >= 0.3 is 5.69 Å². The first-order valence-corrected chi connectivity index (χ1v) is 18.3. The predicted octanol–water partition coefficient (Wildman–Crippen LogP) is 5.69. The molecule has 7 nitrogen and oxygen atoms in total. The maximum absolute atomic E-state index is 12.8. The number of benzene rings is 2. The quantitative estimate of drug-likeness (QED) is 0.101. The highest BCUT2D eigenvalue weighted by Crippen LogP contribution is 2.39. The summed E-state index contributed by atoms with van der Waals surface area (Å²) in [4.78, 5) is 27.8. The number of nitrogens with one attached hydrogen (secondary N) is 1. The number of hydrogen-bond acceptors (Lipinski definition) is 5. The molecule has 1 aliphatic rings. The molecule has 1 aromatic heterocycles. The van der Waals surface area contributed by atoms with Crippen LogP contribution in [0, 0.1) is 0 Å². The van der Waals surface area contributed by atoms with Crippen LogP contribution in [-0.2, 0) is 20.5 Å². The van der Waals surface area contributed by atoms with E-state index in [1.807, 2.05) is 12.1 Å². The number of unbranched alkanes of at least 4 members (excludes halogenated alkanes) is 4. The van der Waals surface area contributed by atoms with E-state index in [0.29, 0.717) is 25.2 Å². The molecule has 0 bridgehead atoms. The van der Waals surface area contributed by atoms with E-state index in [4.69, 9.17) is 13.9 Å². The zero-order valence-corrected chi connectivity index (χ0v) is 28.5. The van der Waals surface area contributed by atoms with Crippen molar-refractivity contribution in [2.24, 2.45) is 0 Å². The summed E-state index contributed by atoms with van der Waals surface area (Å²) >= 11 is 2.40. The molecule has 3 atom stereocenters. The minimum Gasteiger partial charge on any atom is -0.405 e. The van der Waals surface area contributed by atoms with Crippen LogP contribution in [0.15, 0.2) is 76.4 Å². The average Bonchev–Trinajstić information content (AvgIpc) is 3.34. The molecule has 0 amide bonds. The molecule has 0 radical (unpaired) electrons. The largest absolute Gasteiger partial charge is 0.405 e. The van der Waals surface area contributed by atoms with Gasteiger partial charge in [-0.3, -0.25) is 14.3 Å². The molecule has 1 fully saturated rings. The van der Waals surface area contributed by atoms with Gasteiger partial charge in [0.05, 0.1) is 24.9 Å². The number of ether oxygens (including phenoxy) is 2. The number of alkyl halides is 1. The average molecular weight is 705 g/mol. The Balaban J connectivity index is 1.50. The van der Waals surface area contributed by atoms with Crippen LogP contribution in [0.5, 0.6) is 0 Å². The van der Waals surface area contributed by atoms with Crippen molar-refractivity contribution in [1.82, 2.24) is 9.55 Å². The fourth-order valence-corrected chi connectivity index (χ4v) is 11.2. The molecule has 2 aromatic carbocycles. The smallest absolute Gasteiger partial charge is 0.330 e. The van der Waals surface area contributed by atoms with E-state index in [1.165, 1.54) is 34.2 Å². The molecule has 0 aliphatic carbocycles. The Morgan fingerprint density at radius 3 is 2.19 bits per heavy atom. The lowest BCUT2D eigenvalue weighted by Gasteiger charge is -2.43. The molecule has 2 heterocycles. The summed E-state index contributed by atoms with van der Waals surface area (Å²) in [5.41, 5.74) is -0.438. The number of nitrogens with zero attached hydrogens (tertiary/aromatic N) is 1. The van der Waals surface area contributed by atoms with Crippen LogP contribution in [0.4, 0.5) is 0 Å². The first kappa shape index (κ1) is 32.9. The second-order valence-electron chi connectivity index (χ2n) is 12.1. The molecule has 1 saturated heterocycles. The van der Waals surface area contributed by atoms with Gasteiger partial charge in [-0.05, 0) is 21.8 Å². The Labute approximate surface area is 264 Å². The molecule has 42 heavy (non-hydrogen) atoms. The number of hydrogen-bond donors (Lipinski definition) is 1. The third-order valence-corrected chi connectivity index (χ3v) is 14.4. The van der Waals surface area contributed by atoms with E-state index in [1.54, 1.807) is 6.20 Å². The van der Waals surface area contributed by atoms with E-state index in [9.17, 15) is 9.59 Å². The zero-order valence-electron chi connectivity index (χ0n) is 25.3. The van der Waals surface area contributed by atoms with Crippen LogP contribution in [0.1, 0.15) is 78.0 Å². The maximum Gasteiger partial charge on any atom is 0.330 e. The molecule has 3 aromatic rings. The molecule has 9 heteroatoms. The molecule has 1 N–H and O–H groups in total. The first-order valence-electron chi connectivity index (χ1n) is 15.1. The highest BCUT2D eigenvalue weighted by atomic mass is 127. The Hall–Kier alpha value is -2.05. The Kier molecular flexibility index (Phi) is 11.8. The van der Waals surface area contributed by atoms with Crippen molar-refractivity contribution >= 4 is 41.3 Å². The standard InChI is InChI=1S/C33H45IN2O5Si/c1-5-6-7-8-15-20-39-23-25-22-36(32(38)35-31(25)37)30-21-28(34)29(41-30)24-40-42(33(2,3)4,26-16-11-9-12-17-26)27-18-13-10-14-19-27/h9-14,16-19,22,28-30H,5-8,15,20-21,23-24H2,1-4H3,(H,35,37,38)/t28-,29-,30+/m1/s1. The summed E-state index contributed by atoms with van der Waals surface area (Å²) in [6.45, 7) is 10.1. The SMILES string of the molecule is CCCCCCCOCc1cn([C@@H]2C[C@@H](I)[C@@H](CO[Si](c3ccccc3)(c3ccccc3)C(C)(C)C)O2)c(=O)[nH]c1=O. The summed E-state index contributed by atoms with van der Waals surface area (Å²) < 4.78 is 21.0. The van der Waals surface area contributed by atoms with Gasteiger partial charge in [0.15, 0.2) is 0 Å². The van der Waals surface area contributed by atoms with Crippen LogP contribution >= 0.6 is 22.6 Å². The lowest BCUT2D eigenvalue weighted by atomic mass is 10.2. The van der Waals surface area contributed by atoms with Crippen LogP contribution in [0.2, 0.25) is 5.04 Å². The third-order valence-electron chi connectivity index (χ3n) is 8.04. The molecular weight excluding hydrogens is 659 g/mol. The molecule has 0 unspecified atom stereocenters. The van der Waals surface area contributed by atoms with E-state index in [2.05, 4.69) is 104 Å². The van der Waals surface area contributed by atoms with Gasteiger partial charge in [-0.15, -0.1) is 0 Å². The summed E-state index contributed by atoms with van der Waals surface area (Å²) in [7, 11) is -2.72. The van der Waals surface area contributed by atoms with Gasteiger partial charge < -0.3 is 13.9 Å². The van der Waals surface area contributed by atoms with E-state index in [0.717, 1.165) is 12.8 Å². The summed E-state index contributed by atoms with van der Waals surface area (Å²) in [5.74, 6) is 0. The van der Waals surface area contributed by atoms with Crippen molar-refractivity contribution < 1.29 is 13.9 Å². The van der Waals surface area contributed by atoms with Gasteiger partial charge in [0.25, 0.3) is 13.9 Å². The summed E-state index contributed by atoms with van der Waals surface area (Å²) in [6.07, 6.45) is 7.26. The van der Waals surface area contributed by atoms with Gasteiger partial charge in [0.1, 0.15) is 6.23 Å². The van der Waals surface area contributed by atoms with Crippen LogP contribution in [0.25, 0.3) is 0 Å². The summed E-state index contributed by atoms with van der Waals surface area (Å²) in [5, 5.41) is 2.29. The minimum absolute atomic E-state index is 0.132. The second kappa shape index (κ2) is 15.1. The zero-order chi connectivity index (χ0) is 30.2. The van der Waals surface area contributed by atoms with Crippen molar-refractivity contribution in [2.45, 2.75) is 94.1 Å². The van der Waals surface area contributed by atoms with E-state index in [-0.39, 0.29) is 21.7 Å². The summed E-state index contributed by atoms with van der Waals surface area (Å²) in [6, 6.07) is 21.1. The topological polar surface area (TPSA) is 82.6 Å². The number of H-pyrrole nitrogens is 1. The van der Waals surface area contributed by atoms with Crippen LogP contribution < -0.4 is 21.6 Å². The number of halogens is 1. The Bertz CT molecular complexity index is 1330. The lowest BCUT2D eigenvalue weighted by molar-refractivity contribution is -0.0205. The molecule has 0 saturated carbocycles. The highest BCUT2D eigenvalue weighted by molar-refractivity contribution is 14.1. The van der Waals surface area contributed by atoms with Gasteiger partial charge in [0, 0.05) is 23.1 Å².